The highest BCUT2D eigenvalue weighted by molar-refractivity contribution is 5.93. The second-order valence-electron chi connectivity index (χ2n) is 11.3. The molecule has 1 atom stereocenters. The molecule has 13 heteroatoms. The van der Waals surface area contributed by atoms with Crippen LogP contribution in [0.3, 0.4) is 0 Å². The number of ether oxygens (including phenoxy) is 2. The van der Waals surface area contributed by atoms with Gasteiger partial charge in [-0.25, -0.2) is 19.3 Å². The Labute approximate surface area is 246 Å². The molecule has 0 aliphatic carbocycles. The third kappa shape index (κ3) is 5.55. The summed E-state index contributed by atoms with van der Waals surface area (Å²) in [7, 11) is 5.38. The molecule has 5 rings (SSSR count). The van der Waals surface area contributed by atoms with Crippen molar-refractivity contribution in [3.05, 3.63) is 86.5 Å². The van der Waals surface area contributed by atoms with Gasteiger partial charge in [0.2, 0.25) is 5.95 Å². The third-order valence-corrected chi connectivity index (χ3v) is 8.30. The Morgan fingerprint density at radius 2 is 1.93 bits per heavy atom. The number of carbonyl (C=O) groups is 1. The molecule has 0 unspecified atom stereocenters. The first-order chi connectivity index (χ1) is 20.4. The number of H-pyrrole nitrogens is 1. The van der Waals surface area contributed by atoms with Crippen LogP contribution in [0.15, 0.2) is 58.5 Å². The number of aromatic nitrogens is 3. The first-order valence-corrected chi connectivity index (χ1v) is 13.7. The maximum Gasteiger partial charge on any atom is 0.416 e. The summed E-state index contributed by atoms with van der Waals surface area (Å²) in [6.07, 6.45) is -2.91. The number of rotatable bonds is 6. The topological polar surface area (TPSA) is 113 Å². The van der Waals surface area contributed by atoms with Crippen LogP contribution < -0.4 is 10.6 Å². The highest BCUT2D eigenvalue weighted by Gasteiger charge is 2.42. The van der Waals surface area contributed by atoms with E-state index in [2.05, 4.69) is 30.4 Å². The number of alkyl halides is 3. The molecule has 2 aromatic carbocycles. The van der Waals surface area contributed by atoms with E-state index >= 15 is 0 Å². The van der Waals surface area contributed by atoms with Crippen molar-refractivity contribution in [3.8, 4) is 6.07 Å². The Balaban J connectivity index is 1.72. The zero-order valence-corrected chi connectivity index (χ0v) is 24.2. The first-order valence-electron chi connectivity index (χ1n) is 13.7. The van der Waals surface area contributed by atoms with Crippen molar-refractivity contribution in [3.63, 3.8) is 0 Å². The Morgan fingerprint density at radius 1 is 1.21 bits per heavy atom. The number of hydrogen-bond donors (Lipinski definition) is 1. The van der Waals surface area contributed by atoms with E-state index in [9.17, 15) is 28.0 Å². The summed E-state index contributed by atoms with van der Waals surface area (Å²) in [5.41, 5.74) is 0.518. The van der Waals surface area contributed by atoms with E-state index in [0.29, 0.717) is 35.4 Å². The zero-order valence-electron chi connectivity index (χ0n) is 24.2. The monoisotopic (exact) mass is 597 g/mol. The van der Waals surface area contributed by atoms with E-state index in [1.165, 1.54) is 28.7 Å². The number of carbonyl (C=O) groups excluding carboxylic acids is 1. The number of halogens is 3. The van der Waals surface area contributed by atoms with Crippen LogP contribution in [-0.2, 0) is 27.0 Å². The van der Waals surface area contributed by atoms with Crippen LogP contribution in [-0.4, -0.2) is 65.7 Å². The van der Waals surface area contributed by atoms with Gasteiger partial charge in [-0.2, -0.15) is 18.4 Å². The zero-order chi connectivity index (χ0) is 31.1. The van der Waals surface area contributed by atoms with Crippen LogP contribution in [0.2, 0.25) is 0 Å². The van der Waals surface area contributed by atoms with Crippen LogP contribution in [0.4, 0.5) is 24.8 Å². The Bertz CT molecular complexity index is 1680. The fourth-order valence-electron chi connectivity index (χ4n) is 6.11. The smallest absolute Gasteiger partial charge is 0.416 e. The lowest BCUT2D eigenvalue weighted by atomic mass is 9.89. The molecule has 0 amide bonds. The second-order valence-corrected chi connectivity index (χ2v) is 11.3. The van der Waals surface area contributed by atoms with E-state index in [1.807, 2.05) is 0 Å². The van der Waals surface area contributed by atoms with Crippen LogP contribution in [0.1, 0.15) is 48.1 Å². The van der Waals surface area contributed by atoms with Crippen molar-refractivity contribution in [2.45, 2.75) is 44.6 Å². The number of esters is 1. The Hall–Kier alpha value is -4.41. The average Bonchev–Trinajstić information content (AvgIpc) is 3.36. The third-order valence-electron chi connectivity index (χ3n) is 8.30. The number of nitrogens with one attached hydrogen (secondary N) is 1. The quantitative estimate of drug-likeness (QED) is 0.331. The number of anilines is 2. The highest BCUT2D eigenvalue weighted by atomic mass is 19.4. The van der Waals surface area contributed by atoms with Crippen LogP contribution in [0, 0.1) is 11.3 Å². The molecule has 43 heavy (non-hydrogen) atoms. The van der Waals surface area contributed by atoms with Crippen molar-refractivity contribution < 1.29 is 31.9 Å². The van der Waals surface area contributed by atoms with Crippen molar-refractivity contribution in [2.24, 2.45) is 0 Å². The minimum atomic E-state index is -4.62. The lowest BCUT2D eigenvalue weighted by molar-refractivity contribution is -0.929. The number of aromatic amines is 1. The SMILES string of the molecule is COC(=O)C1=C(C)N(c2cccc(C(F)(F)F)c2)c2n[nH]c(=O)n2[C@@H]1c1ccc(C#N)cc1C[N+](C)(C)C1CCOCC1. The van der Waals surface area contributed by atoms with E-state index in [-0.39, 0.29) is 28.9 Å². The van der Waals surface area contributed by atoms with Crippen LogP contribution >= 0.6 is 0 Å². The first kappa shape index (κ1) is 30.1. The molecule has 2 aliphatic rings. The summed E-state index contributed by atoms with van der Waals surface area (Å²) in [6, 6.07) is 11.1. The van der Waals surface area contributed by atoms with Gasteiger partial charge in [0.05, 0.1) is 63.2 Å². The van der Waals surface area contributed by atoms with Gasteiger partial charge in [-0.05, 0) is 42.8 Å². The summed E-state index contributed by atoms with van der Waals surface area (Å²) in [5.74, 6) is -0.750. The minimum Gasteiger partial charge on any atom is -0.466 e. The number of quaternary nitrogens is 1. The molecule has 0 spiro atoms. The number of methoxy groups -OCH3 is 1. The molecule has 1 saturated heterocycles. The highest BCUT2D eigenvalue weighted by Crippen LogP contribution is 2.44. The van der Waals surface area contributed by atoms with Gasteiger partial charge in [-0.15, -0.1) is 5.10 Å². The summed E-state index contributed by atoms with van der Waals surface area (Å²) >= 11 is 0. The van der Waals surface area contributed by atoms with Gasteiger partial charge in [-0.1, -0.05) is 12.1 Å². The molecule has 0 saturated carbocycles. The standard InChI is InChI=1S/C30H31F3N6O4/c1-18-25(27(40)42-4)26(24-9-8-19(16-34)14-20(24)17-39(2,3)23-10-12-43-13-11-23)38-28(35-36-29(38)41)37(18)22-7-5-6-21(15-22)30(31,32)33/h5-9,14-15,23,26H,10-13,17H2,1-4H3/p+1/t26-/m1/s1. The van der Waals surface area contributed by atoms with E-state index < -0.39 is 29.4 Å². The van der Waals surface area contributed by atoms with Crippen molar-refractivity contribution in [2.75, 3.05) is 39.3 Å². The fraction of sp³-hybridized carbons (Fsp3) is 0.400. The van der Waals surface area contributed by atoms with Gasteiger partial charge in [0.25, 0.3) is 0 Å². The number of nitrogens with zero attached hydrogens (tertiary/aromatic N) is 5. The lowest BCUT2D eigenvalue weighted by Crippen LogP contribution is -2.50. The van der Waals surface area contributed by atoms with Crippen LogP contribution in [0.25, 0.3) is 0 Å². The lowest BCUT2D eigenvalue weighted by Gasteiger charge is -2.41. The van der Waals surface area contributed by atoms with Gasteiger partial charge < -0.3 is 14.0 Å². The summed E-state index contributed by atoms with van der Waals surface area (Å²) in [4.78, 5) is 28.2. The van der Waals surface area contributed by atoms with Gasteiger partial charge in [0.1, 0.15) is 12.6 Å². The molecule has 1 aromatic heterocycles. The maximum absolute atomic E-state index is 13.6. The molecule has 226 valence electrons. The molecule has 10 nitrogen and oxygen atoms in total. The molecule has 0 bridgehead atoms. The van der Waals surface area contributed by atoms with Gasteiger partial charge in [-0.3, -0.25) is 4.90 Å². The molecule has 1 fully saturated rings. The summed E-state index contributed by atoms with van der Waals surface area (Å²) in [5, 5.41) is 16.3. The van der Waals surface area contributed by atoms with Crippen LogP contribution in [0.5, 0.6) is 0 Å². The number of nitriles is 1. The summed E-state index contributed by atoms with van der Waals surface area (Å²) < 4.78 is 53.5. The number of benzene rings is 2. The van der Waals surface area contributed by atoms with E-state index in [0.717, 1.165) is 30.5 Å². The summed E-state index contributed by atoms with van der Waals surface area (Å²) in [6.45, 7) is 3.34. The van der Waals surface area contributed by atoms with E-state index in [4.69, 9.17) is 9.47 Å². The molecular weight excluding hydrogens is 565 g/mol. The predicted molar refractivity (Wildman–Crippen MR) is 150 cm³/mol. The number of allylic oxidation sites excluding steroid dienone is 1. The minimum absolute atomic E-state index is 0.00738. The molecule has 0 radical (unpaired) electrons. The predicted octanol–water partition coefficient (Wildman–Crippen LogP) is 4.41. The van der Waals surface area contributed by atoms with Gasteiger partial charge in [0, 0.05) is 29.8 Å². The Kier molecular flexibility index (Phi) is 7.93. The normalized spacial score (nSPS) is 17.9. The molecule has 3 heterocycles. The van der Waals surface area contributed by atoms with Crippen molar-refractivity contribution in [1.82, 2.24) is 14.8 Å². The van der Waals surface area contributed by atoms with Crippen molar-refractivity contribution in [1.29, 1.82) is 5.26 Å². The molecule has 2 aliphatic heterocycles. The molecule has 3 aromatic rings. The molecular formula is C30H32F3N6O4+. The second kappa shape index (κ2) is 11.3. The Morgan fingerprint density at radius 3 is 2.58 bits per heavy atom. The van der Waals surface area contributed by atoms with Crippen molar-refractivity contribution >= 4 is 17.6 Å². The number of hydrogen-bond acceptors (Lipinski definition) is 7. The largest absolute Gasteiger partial charge is 0.466 e. The van der Waals surface area contributed by atoms with Gasteiger partial charge in [0.15, 0.2) is 0 Å². The molecule has 1 N–H and O–H groups in total. The average molecular weight is 598 g/mol. The fourth-order valence-corrected chi connectivity index (χ4v) is 6.11. The number of fused-ring (bicyclic) bond motifs is 1. The van der Waals surface area contributed by atoms with E-state index in [1.54, 1.807) is 25.1 Å². The maximum atomic E-state index is 13.6. The van der Waals surface area contributed by atoms with Gasteiger partial charge >= 0.3 is 17.8 Å².